The molecule has 1 aromatic carbocycles. The molecule has 2 aromatic rings. The molecule has 0 aliphatic rings. The number of halogens is 1. The van der Waals surface area contributed by atoms with Crippen LogP contribution in [0.3, 0.4) is 0 Å². The second-order valence-corrected chi connectivity index (χ2v) is 4.29. The number of phenolic OH excluding ortho intramolecular Hbond substituents is 1. The minimum atomic E-state index is -0.487. The highest BCUT2D eigenvalue weighted by Gasteiger charge is 2.12. The van der Waals surface area contributed by atoms with Crippen molar-refractivity contribution >= 4 is 17.6 Å². The van der Waals surface area contributed by atoms with E-state index < -0.39 is 5.97 Å². The molecule has 1 aromatic heterocycles. The van der Waals surface area contributed by atoms with Crippen molar-refractivity contribution in [2.24, 2.45) is 0 Å². The zero-order valence-electron chi connectivity index (χ0n) is 10.4. The van der Waals surface area contributed by atoms with Crippen molar-refractivity contribution in [2.75, 3.05) is 7.11 Å². The Labute approximate surface area is 120 Å². The number of ether oxygens (including phenoxy) is 1. The molecular weight excluding hydrogens is 280 g/mol. The van der Waals surface area contributed by atoms with Crippen molar-refractivity contribution in [3.05, 3.63) is 46.6 Å². The first-order chi connectivity index (χ1) is 9.56. The summed E-state index contributed by atoms with van der Waals surface area (Å²) in [5.41, 5.74) is 1.35. The zero-order chi connectivity index (χ0) is 14.7. The third-order valence-electron chi connectivity index (χ3n) is 2.66. The van der Waals surface area contributed by atoms with Gasteiger partial charge in [0, 0.05) is 11.8 Å². The van der Waals surface area contributed by atoms with E-state index in [2.05, 4.69) is 9.72 Å². The summed E-state index contributed by atoms with van der Waals surface area (Å²) in [6.45, 7) is 0. The predicted octanol–water partition coefficient (Wildman–Crippen LogP) is 2.77. The summed E-state index contributed by atoms with van der Waals surface area (Å²) >= 11 is 5.86. The Balaban J connectivity index is 2.55. The average molecular weight is 289 g/mol. The maximum Gasteiger partial charge on any atom is 0.337 e. The average Bonchev–Trinajstić information content (AvgIpc) is 2.49. The van der Waals surface area contributed by atoms with Crippen LogP contribution in [0.15, 0.2) is 30.5 Å². The number of hydrogen-bond acceptors (Lipinski definition) is 5. The van der Waals surface area contributed by atoms with Crippen LogP contribution in [-0.4, -0.2) is 23.2 Å². The Kier molecular flexibility index (Phi) is 3.87. The van der Waals surface area contributed by atoms with E-state index in [0.29, 0.717) is 16.8 Å². The molecule has 0 bridgehead atoms. The van der Waals surface area contributed by atoms with Gasteiger partial charge in [-0.15, -0.1) is 0 Å². The van der Waals surface area contributed by atoms with Crippen molar-refractivity contribution < 1.29 is 14.6 Å². The molecule has 1 N–H and O–H groups in total. The van der Waals surface area contributed by atoms with Gasteiger partial charge in [-0.3, -0.25) is 4.98 Å². The number of phenols is 1. The Bertz CT molecular complexity index is 723. The van der Waals surface area contributed by atoms with Gasteiger partial charge in [0.15, 0.2) is 5.75 Å². The van der Waals surface area contributed by atoms with Crippen LogP contribution in [-0.2, 0) is 4.74 Å². The van der Waals surface area contributed by atoms with E-state index in [-0.39, 0.29) is 16.3 Å². The van der Waals surface area contributed by atoms with Gasteiger partial charge in [-0.05, 0) is 24.3 Å². The van der Waals surface area contributed by atoms with Crippen LogP contribution in [0, 0.1) is 11.3 Å². The molecule has 0 spiro atoms. The van der Waals surface area contributed by atoms with Gasteiger partial charge in [-0.2, -0.15) is 5.26 Å². The Morgan fingerprint density at radius 3 is 2.85 bits per heavy atom. The highest BCUT2D eigenvalue weighted by atomic mass is 35.5. The minimum Gasteiger partial charge on any atom is -0.505 e. The fraction of sp³-hybridized carbons (Fsp3) is 0.0714. The van der Waals surface area contributed by atoms with Crippen LogP contribution in [0.2, 0.25) is 5.02 Å². The number of rotatable bonds is 2. The first kappa shape index (κ1) is 13.8. The highest BCUT2D eigenvalue weighted by Crippen LogP contribution is 2.32. The van der Waals surface area contributed by atoms with Gasteiger partial charge < -0.3 is 9.84 Å². The number of pyridine rings is 1. The molecule has 1 heterocycles. The highest BCUT2D eigenvalue weighted by molar-refractivity contribution is 6.32. The Morgan fingerprint density at radius 1 is 1.45 bits per heavy atom. The molecule has 0 radical (unpaired) electrons. The van der Waals surface area contributed by atoms with Crippen LogP contribution >= 0.6 is 11.6 Å². The van der Waals surface area contributed by atoms with Crippen LogP contribution in [0.5, 0.6) is 5.75 Å². The van der Waals surface area contributed by atoms with Gasteiger partial charge in [-0.1, -0.05) is 11.6 Å². The monoisotopic (exact) mass is 288 g/mol. The summed E-state index contributed by atoms with van der Waals surface area (Å²) in [6, 6.07) is 7.80. The van der Waals surface area contributed by atoms with E-state index >= 15 is 0 Å². The third-order valence-corrected chi connectivity index (χ3v) is 2.95. The van der Waals surface area contributed by atoms with Crippen molar-refractivity contribution in [3.8, 4) is 23.1 Å². The Hall–Kier alpha value is -2.58. The van der Waals surface area contributed by atoms with Crippen molar-refractivity contribution in [2.45, 2.75) is 0 Å². The fourth-order valence-corrected chi connectivity index (χ4v) is 1.88. The number of nitriles is 1. The van der Waals surface area contributed by atoms with Gasteiger partial charge in [0.25, 0.3) is 0 Å². The van der Waals surface area contributed by atoms with E-state index in [0.717, 1.165) is 0 Å². The maximum absolute atomic E-state index is 11.5. The molecule has 0 aliphatic heterocycles. The summed E-state index contributed by atoms with van der Waals surface area (Å²) in [5, 5.41) is 18.6. The van der Waals surface area contributed by atoms with E-state index in [4.69, 9.17) is 16.9 Å². The second-order valence-electron chi connectivity index (χ2n) is 3.89. The van der Waals surface area contributed by atoms with Gasteiger partial charge in [-0.25, -0.2) is 4.79 Å². The van der Waals surface area contributed by atoms with Gasteiger partial charge >= 0.3 is 5.97 Å². The summed E-state index contributed by atoms with van der Waals surface area (Å²) in [5.74, 6) is -0.763. The number of methoxy groups -OCH3 is 1. The SMILES string of the molecule is COC(=O)c1ccnc(-c2cc(Cl)c(O)c(C#N)c2)c1. The number of aromatic nitrogens is 1. The number of benzene rings is 1. The smallest absolute Gasteiger partial charge is 0.337 e. The largest absolute Gasteiger partial charge is 0.505 e. The first-order valence-electron chi connectivity index (χ1n) is 5.54. The standard InChI is InChI=1S/C14H9ClN2O3/c1-20-14(19)8-2-3-17-12(6-8)9-4-10(7-16)13(18)11(15)5-9/h2-6,18H,1H3. The minimum absolute atomic E-state index is 0.0396. The lowest BCUT2D eigenvalue weighted by Crippen LogP contribution is -2.01. The van der Waals surface area contributed by atoms with Crippen LogP contribution in [0.25, 0.3) is 11.3 Å². The molecule has 0 aliphatic carbocycles. The van der Waals surface area contributed by atoms with E-state index in [1.807, 2.05) is 6.07 Å². The molecule has 0 atom stereocenters. The van der Waals surface area contributed by atoms with Crippen molar-refractivity contribution in [1.29, 1.82) is 5.26 Å². The van der Waals surface area contributed by atoms with Crippen LogP contribution < -0.4 is 0 Å². The van der Waals surface area contributed by atoms with Gasteiger partial charge in [0.05, 0.1) is 29.0 Å². The maximum atomic E-state index is 11.5. The number of nitrogens with zero attached hydrogens (tertiary/aromatic N) is 2. The van der Waals surface area contributed by atoms with E-state index in [9.17, 15) is 9.90 Å². The number of aromatic hydroxyl groups is 1. The van der Waals surface area contributed by atoms with Crippen LogP contribution in [0.1, 0.15) is 15.9 Å². The quantitative estimate of drug-likeness (QED) is 0.859. The number of carbonyl (C=O) groups excluding carboxylic acids is 1. The molecule has 0 unspecified atom stereocenters. The van der Waals surface area contributed by atoms with Crippen LogP contribution in [0.4, 0.5) is 0 Å². The number of esters is 1. The molecule has 100 valence electrons. The van der Waals surface area contributed by atoms with E-state index in [1.165, 1.54) is 37.6 Å². The lowest BCUT2D eigenvalue weighted by atomic mass is 10.1. The molecule has 0 saturated carbocycles. The molecule has 0 fully saturated rings. The van der Waals surface area contributed by atoms with Crippen molar-refractivity contribution in [1.82, 2.24) is 4.98 Å². The lowest BCUT2D eigenvalue weighted by Gasteiger charge is -2.06. The molecule has 0 saturated heterocycles. The normalized spacial score (nSPS) is 9.85. The molecule has 5 nitrogen and oxygen atoms in total. The summed E-state index contributed by atoms with van der Waals surface area (Å²) in [6.07, 6.45) is 1.45. The summed E-state index contributed by atoms with van der Waals surface area (Å²) in [7, 11) is 1.29. The van der Waals surface area contributed by atoms with E-state index in [1.54, 1.807) is 0 Å². The predicted molar refractivity (Wildman–Crippen MR) is 72.4 cm³/mol. The van der Waals surface area contributed by atoms with Gasteiger partial charge in [0.2, 0.25) is 0 Å². The number of hydrogen-bond donors (Lipinski definition) is 1. The Morgan fingerprint density at radius 2 is 2.20 bits per heavy atom. The topological polar surface area (TPSA) is 83.2 Å². The summed E-state index contributed by atoms with van der Waals surface area (Å²) in [4.78, 5) is 15.6. The van der Waals surface area contributed by atoms with Crippen molar-refractivity contribution in [3.63, 3.8) is 0 Å². The fourth-order valence-electron chi connectivity index (χ4n) is 1.67. The third kappa shape index (κ3) is 2.56. The van der Waals surface area contributed by atoms with Gasteiger partial charge in [0.1, 0.15) is 6.07 Å². The molecule has 20 heavy (non-hydrogen) atoms. The first-order valence-corrected chi connectivity index (χ1v) is 5.92. The molecular formula is C14H9ClN2O3. The molecule has 2 rings (SSSR count). The second kappa shape index (κ2) is 5.59. The zero-order valence-corrected chi connectivity index (χ0v) is 11.2. The molecule has 0 amide bonds. The summed E-state index contributed by atoms with van der Waals surface area (Å²) < 4.78 is 4.63. The molecule has 6 heteroatoms. The number of carbonyl (C=O) groups is 1. The lowest BCUT2D eigenvalue weighted by molar-refractivity contribution is 0.0600.